The van der Waals surface area contributed by atoms with Gasteiger partial charge in [0, 0.05) is 23.2 Å². The quantitative estimate of drug-likeness (QED) is 0.904. The van der Waals surface area contributed by atoms with E-state index in [-0.39, 0.29) is 6.04 Å². The van der Waals surface area contributed by atoms with Crippen LogP contribution >= 0.6 is 11.3 Å². The average Bonchev–Trinajstić information content (AvgIpc) is 2.93. The fourth-order valence-electron chi connectivity index (χ4n) is 2.03. The predicted octanol–water partition coefficient (Wildman–Crippen LogP) is 2.67. The normalized spacial score (nSPS) is 17.8. The Morgan fingerprint density at radius 2 is 2.35 bits per heavy atom. The Balaban J connectivity index is 1.68. The highest BCUT2D eigenvalue weighted by molar-refractivity contribution is 7.09. The van der Waals surface area contributed by atoms with E-state index in [2.05, 4.69) is 27.8 Å². The van der Waals surface area contributed by atoms with Gasteiger partial charge in [0.2, 0.25) is 0 Å². The van der Waals surface area contributed by atoms with Crippen LogP contribution in [0.5, 0.6) is 5.75 Å². The number of para-hydroxylation sites is 1. The van der Waals surface area contributed by atoms with E-state index in [1.807, 2.05) is 19.1 Å². The van der Waals surface area contributed by atoms with Crippen LogP contribution in [0.4, 0.5) is 0 Å². The van der Waals surface area contributed by atoms with E-state index in [1.165, 1.54) is 5.56 Å². The molecule has 2 aromatic rings. The third-order valence-electron chi connectivity index (χ3n) is 2.87. The minimum Gasteiger partial charge on any atom is -0.491 e. The maximum atomic E-state index is 5.63. The summed E-state index contributed by atoms with van der Waals surface area (Å²) in [5.74, 6) is 1.00. The number of hydrogen-bond acceptors (Lipinski definition) is 4. The van der Waals surface area contributed by atoms with E-state index in [4.69, 9.17) is 4.74 Å². The van der Waals surface area contributed by atoms with Crippen LogP contribution in [0.3, 0.4) is 0 Å². The number of benzene rings is 1. The van der Waals surface area contributed by atoms with Gasteiger partial charge in [-0.15, -0.1) is 11.3 Å². The number of aryl methyl sites for hydroxylation is 1. The first-order valence-electron chi connectivity index (χ1n) is 5.69. The summed E-state index contributed by atoms with van der Waals surface area (Å²) in [5.41, 5.74) is 2.34. The first-order valence-corrected chi connectivity index (χ1v) is 6.57. The van der Waals surface area contributed by atoms with Crippen molar-refractivity contribution in [2.45, 2.75) is 19.5 Å². The fourth-order valence-corrected chi connectivity index (χ4v) is 2.75. The summed E-state index contributed by atoms with van der Waals surface area (Å²) in [6.07, 6.45) is 0. The lowest BCUT2D eigenvalue weighted by Crippen LogP contribution is -2.21. The van der Waals surface area contributed by atoms with Crippen molar-refractivity contribution in [1.29, 1.82) is 0 Å². The van der Waals surface area contributed by atoms with Crippen molar-refractivity contribution in [1.82, 2.24) is 10.3 Å². The highest BCUT2D eigenvalue weighted by Gasteiger charge is 2.22. The molecule has 0 amide bonds. The molecule has 1 N–H and O–H groups in total. The zero-order valence-corrected chi connectivity index (χ0v) is 10.5. The molecule has 0 saturated heterocycles. The molecule has 1 aliphatic heterocycles. The van der Waals surface area contributed by atoms with E-state index in [0.29, 0.717) is 6.61 Å². The van der Waals surface area contributed by atoms with Crippen molar-refractivity contribution < 1.29 is 4.74 Å². The molecule has 1 atom stereocenters. The smallest absolute Gasteiger partial charge is 0.124 e. The van der Waals surface area contributed by atoms with Crippen LogP contribution < -0.4 is 10.1 Å². The molecule has 0 spiro atoms. The number of rotatable bonds is 3. The molecule has 1 unspecified atom stereocenters. The third kappa shape index (κ3) is 2.18. The van der Waals surface area contributed by atoms with Crippen LogP contribution in [0.15, 0.2) is 29.6 Å². The maximum absolute atomic E-state index is 5.63. The van der Waals surface area contributed by atoms with Crippen molar-refractivity contribution in [3.05, 3.63) is 45.9 Å². The first-order chi connectivity index (χ1) is 8.33. The molecule has 2 heterocycles. The third-order valence-corrected chi connectivity index (χ3v) is 3.83. The zero-order valence-electron chi connectivity index (χ0n) is 9.64. The molecule has 88 valence electrons. The maximum Gasteiger partial charge on any atom is 0.124 e. The predicted molar refractivity (Wildman–Crippen MR) is 68.4 cm³/mol. The average molecular weight is 246 g/mol. The Bertz CT molecular complexity index is 524. The minimum absolute atomic E-state index is 0.287. The molecule has 0 radical (unpaired) electrons. The summed E-state index contributed by atoms with van der Waals surface area (Å²) in [6.45, 7) is 3.54. The summed E-state index contributed by atoms with van der Waals surface area (Å²) in [5, 5.41) is 6.70. The Kier molecular flexibility index (Phi) is 2.82. The number of fused-ring (bicyclic) bond motifs is 1. The molecule has 0 saturated carbocycles. The van der Waals surface area contributed by atoms with Crippen molar-refractivity contribution in [3.8, 4) is 5.75 Å². The monoisotopic (exact) mass is 246 g/mol. The summed E-state index contributed by atoms with van der Waals surface area (Å²) in [4.78, 5) is 4.44. The SMILES string of the molecule is Cc1csc(CNC2COc3ccccc32)n1. The number of aromatic nitrogens is 1. The van der Waals surface area contributed by atoms with E-state index < -0.39 is 0 Å². The summed E-state index contributed by atoms with van der Waals surface area (Å²) >= 11 is 1.70. The number of ether oxygens (including phenoxy) is 1. The number of hydrogen-bond donors (Lipinski definition) is 1. The molecule has 3 nitrogen and oxygen atoms in total. The molecule has 17 heavy (non-hydrogen) atoms. The zero-order chi connectivity index (χ0) is 11.7. The van der Waals surface area contributed by atoms with E-state index in [1.54, 1.807) is 11.3 Å². The topological polar surface area (TPSA) is 34.1 Å². The number of thiazole rings is 1. The Morgan fingerprint density at radius 3 is 3.18 bits per heavy atom. The molecule has 3 rings (SSSR count). The summed E-state index contributed by atoms with van der Waals surface area (Å²) < 4.78 is 5.63. The van der Waals surface area contributed by atoms with Crippen LogP contribution in [-0.2, 0) is 6.54 Å². The van der Waals surface area contributed by atoms with Gasteiger partial charge in [0.25, 0.3) is 0 Å². The largest absolute Gasteiger partial charge is 0.491 e. The Labute approximate surface area is 104 Å². The minimum atomic E-state index is 0.287. The van der Waals surface area contributed by atoms with E-state index >= 15 is 0 Å². The number of nitrogens with one attached hydrogen (secondary N) is 1. The van der Waals surface area contributed by atoms with E-state index in [0.717, 1.165) is 23.0 Å². The molecule has 0 fully saturated rings. The summed E-state index contributed by atoms with van der Waals surface area (Å²) in [6, 6.07) is 8.48. The summed E-state index contributed by atoms with van der Waals surface area (Å²) in [7, 11) is 0. The Morgan fingerprint density at radius 1 is 1.47 bits per heavy atom. The van der Waals surface area contributed by atoms with Gasteiger partial charge in [-0.05, 0) is 13.0 Å². The molecule has 0 aliphatic carbocycles. The molecular formula is C13H14N2OS. The van der Waals surface area contributed by atoms with Gasteiger partial charge in [0.05, 0.1) is 6.04 Å². The molecule has 1 aliphatic rings. The Hall–Kier alpha value is -1.39. The van der Waals surface area contributed by atoms with Crippen LogP contribution in [0.2, 0.25) is 0 Å². The van der Waals surface area contributed by atoms with Crippen LogP contribution in [0.1, 0.15) is 22.3 Å². The second-order valence-corrected chi connectivity index (χ2v) is 5.11. The van der Waals surface area contributed by atoms with Crippen LogP contribution in [0.25, 0.3) is 0 Å². The van der Waals surface area contributed by atoms with Crippen LogP contribution in [0, 0.1) is 6.92 Å². The van der Waals surface area contributed by atoms with Gasteiger partial charge in [-0.1, -0.05) is 18.2 Å². The van der Waals surface area contributed by atoms with Crippen LogP contribution in [-0.4, -0.2) is 11.6 Å². The molecule has 1 aromatic carbocycles. The van der Waals surface area contributed by atoms with Crippen molar-refractivity contribution >= 4 is 11.3 Å². The highest BCUT2D eigenvalue weighted by Crippen LogP contribution is 2.31. The fraction of sp³-hybridized carbons (Fsp3) is 0.308. The lowest BCUT2D eigenvalue weighted by Gasteiger charge is -2.09. The van der Waals surface area contributed by atoms with Gasteiger partial charge in [0.15, 0.2) is 0 Å². The molecule has 4 heteroatoms. The molecular weight excluding hydrogens is 232 g/mol. The van der Waals surface area contributed by atoms with Crippen molar-refractivity contribution in [2.75, 3.05) is 6.61 Å². The van der Waals surface area contributed by atoms with Crippen molar-refractivity contribution in [2.24, 2.45) is 0 Å². The van der Waals surface area contributed by atoms with Gasteiger partial charge in [-0.25, -0.2) is 4.98 Å². The van der Waals surface area contributed by atoms with Gasteiger partial charge in [-0.3, -0.25) is 0 Å². The van der Waals surface area contributed by atoms with Crippen molar-refractivity contribution in [3.63, 3.8) is 0 Å². The lowest BCUT2D eigenvalue weighted by atomic mass is 10.1. The van der Waals surface area contributed by atoms with E-state index in [9.17, 15) is 0 Å². The van der Waals surface area contributed by atoms with Gasteiger partial charge >= 0.3 is 0 Å². The molecule has 1 aromatic heterocycles. The second kappa shape index (κ2) is 4.47. The molecule has 0 bridgehead atoms. The van der Waals surface area contributed by atoms with Gasteiger partial charge in [-0.2, -0.15) is 0 Å². The standard InChI is InChI=1S/C13H14N2OS/c1-9-8-17-13(15-9)6-14-11-7-16-12-5-3-2-4-10(11)12/h2-5,8,11,14H,6-7H2,1H3. The highest BCUT2D eigenvalue weighted by atomic mass is 32.1. The number of nitrogens with zero attached hydrogens (tertiary/aromatic N) is 1. The second-order valence-electron chi connectivity index (χ2n) is 4.16. The first kappa shape index (κ1) is 10.7. The van der Waals surface area contributed by atoms with Gasteiger partial charge < -0.3 is 10.1 Å². The van der Waals surface area contributed by atoms with Gasteiger partial charge in [0.1, 0.15) is 17.4 Å². The lowest BCUT2D eigenvalue weighted by molar-refractivity contribution is 0.310.